The van der Waals surface area contributed by atoms with Gasteiger partial charge in [-0.1, -0.05) is 75.4 Å². The van der Waals surface area contributed by atoms with Gasteiger partial charge in [-0.25, -0.2) is 0 Å². The Bertz CT molecular complexity index is 1010. The zero-order valence-electron chi connectivity index (χ0n) is 14.8. The van der Waals surface area contributed by atoms with Crippen molar-refractivity contribution in [1.29, 1.82) is 0 Å². The Labute approximate surface area is 153 Å². The van der Waals surface area contributed by atoms with Crippen LogP contribution in [-0.4, -0.2) is 4.98 Å². The maximum Gasteiger partial charge on any atom is 0.0709 e. The third-order valence-electron chi connectivity index (χ3n) is 4.51. The Morgan fingerprint density at radius 3 is 2.20 bits per heavy atom. The first kappa shape index (κ1) is 16.0. The molecule has 0 atom stereocenters. The number of aromatic nitrogens is 1. The van der Waals surface area contributed by atoms with Crippen LogP contribution in [0.4, 0.5) is 0 Å². The first-order chi connectivity index (χ1) is 12.0. The highest BCUT2D eigenvalue weighted by atomic mass is 32.1. The molecule has 4 rings (SSSR count). The quantitative estimate of drug-likeness (QED) is 0.384. The van der Waals surface area contributed by atoms with Crippen LogP contribution in [0.3, 0.4) is 0 Å². The van der Waals surface area contributed by atoms with Crippen LogP contribution in [0.1, 0.15) is 26.3 Å². The van der Waals surface area contributed by atoms with E-state index in [0.717, 1.165) is 5.69 Å². The minimum atomic E-state index is 0.174. The predicted octanol–water partition coefficient (Wildman–Crippen LogP) is 6.93. The fourth-order valence-corrected chi connectivity index (χ4v) is 4.01. The van der Waals surface area contributed by atoms with Crippen LogP contribution < -0.4 is 0 Å². The minimum Gasteiger partial charge on any atom is -0.255 e. The van der Waals surface area contributed by atoms with Crippen molar-refractivity contribution in [2.24, 2.45) is 0 Å². The van der Waals surface area contributed by atoms with Crippen molar-refractivity contribution in [3.63, 3.8) is 0 Å². The van der Waals surface area contributed by atoms with Gasteiger partial charge < -0.3 is 0 Å². The van der Waals surface area contributed by atoms with Crippen molar-refractivity contribution >= 4 is 21.4 Å². The summed E-state index contributed by atoms with van der Waals surface area (Å²) in [5.41, 5.74) is 4.99. The Morgan fingerprint density at radius 2 is 1.52 bits per heavy atom. The molecular formula is C23H21NS. The molecule has 0 saturated carbocycles. The minimum absolute atomic E-state index is 0.174. The Balaban J connectivity index is 1.72. The van der Waals surface area contributed by atoms with Gasteiger partial charge in [-0.2, -0.15) is 0 Å². The smallest absolute Gasteiger partial charge is 0.0709 e. The van der Waals surface area contributed by atoms with E-state index in [2.05, 4.69) is 92.5 Å². The highest BCUT2D eigenvalue weighted by Gasteiger charge is 2.13. The lowest BCUT2D eigenvalue weighted by atomic mass is 9.86. The van der Waals surface area contributed by atoms with Crippen LogP contribution in [0.5, 0.6) is 0 Å². The van der Waals surface area contributed by atoms with Gasteiger partial charge in [0.25, 0.3) is 0 Å². The van der Waals surface area contributed by atoms with Crippen LogP contribution >= 0.6 is 11.3 Å². The SMILES string of the molecule is CC(C)(C)c1ccc(-c2cc3cc(-c4ccccc4)sc3cn2)cc1. The molecule has 0 N–H and O–H groups in total. The van der Waals surface area contributed by atoms with Gasteiger partial charge in [0.2, 0.25) is 0 Å². The average molecular weight is 343 g/mol. The molecule has 124 valence electrons. The second kappa shape index (κ2) is 6.12. The Hall–Kier alpha value is -2.45. The van der Waals surface area contributed by atoms with Crippen LogP contribution in [0.2, 0.25) is 0 Å². The summed E-state index contributed by atoms with van der Waals surface area (Å²) in [6.45, 7) is 6.72. The molecule has 0 fully saturated rings. The first-order valence-electron chi connectivity index (χ1n) is 8.57. The van der Waals surface area contributed by atoms with Gasteiger partial charge in [-0.05, 0) is 34.1 Å². The van der Waals surface area contributed by atoms with Gasteiger partial charge in [0.1, 0.15) is 0 Å². The van der Waals surface area contributed by atoms with Crippen LogP contribution in [-0.2, 0) is 5.41 Å². The van der Waals surface area contributed by atoms with E-state index < -0.39 is 0 Å². The van der Waals surface area contributed by atoms with Crippen molar-refractivity contribution in [2.45, 2.75) is 26.2 Å². The summed E-state index contributed by atoms with van der Waals surface area (Å²) in [6, 6.07) is 23.8. The lowest BCUT2D eigenvalue weighted by Crippen LogP contribution is -2.10. The maximum absolute atomic E-state index is 4.69. The molecule has 0 unspecified atom stereocenters. The fourth-order valence-electron chi connectivity index (χ4n) is 2.99. The van der Waals surface area contributed by atoms with E-state index in [-0.39, 0.29) is 5.41 Å². The molecule has 2 aromatic carbocycles. The standard InChI is InChI=1S/C23H21NS/c1-23(2,3)19-11-9-16(10-12-19)20-13-18-14-21(25-22(18)15-24-20)17-7-5-4-6-8-17/h4-15H,1-3H3. The first-order valence-corrected chi connectivity index (χ1v) is 9.38. The molecule has 2 heteroatoms. The molecule has 4 aromatic rings. The predicted molar refractivity (Wildman–Crippen MR) is 109 cm³/mol. The van der Waals surface area contributed by atoms with E-state index in [0.29, 0.717) is 0 Å². The van der Waals surface area contributed by atoms with Gasteiger partial charge in [-0.3, -0.25) is 4.98 Å². The van der Waals surface area contributed by atoms with Gasteiger partial charge in [0.15, 0.2) is 0 Å². The van der Waals surface area contributed by atoms with Crippen molar-refractivity contribution < 1.29 is 0 Å². The number of hydrogen-bond acceptors (Lipinski definition) is 2. The van der Waals surface area contributed by atoms with E-state index in [1.807, 2.05) is 6.20 Å². The van der Waals surface area contributed by atoms with Crippen LogP contribution in [0, 0.1) is 0 Å². The van der Waals surface area contributed by atoms with Gasteiger partial charge in [0.05, 0.1) is 10.4 Å². The normalized spacial score (nSPS) is 11.8. The molecule has 0 spiro atoms. The summed E-state index contributed by atoms with van der Waals surface area (Å²) in [4.78, 5) is 5.98. The number of fused-ring (bicyclic) bond motifs is 1. The monoisotopic (exact) mass is 343 g/mol. The van der Waals surface area contributed by atoms with Crippen molar-refractivity contribution in [1.82, 2.24) is 4.98 Å². The molecule has 25 heavy (non-hydrogen) atoms. The fraction of sp³-hybridized carbons (Fsp3) is 0.174. The molecule has 0 amide bonds. The second-order valence-corrected chi connectivity index (χ2v) is 8.50. The van der Waals surface area contributed by atoms with Crippen LogP contribution in [0.25, 0.3) is 31.8 Å². The van der Waals surface area contributed by atoms with E-state index >= 15 is 0 Å². The van der Waals surface area contributed by atoms with Crippen molar-refractivity contribution in [3.8, 4) is 21.7 Å². The van der Waals surface area contributed by atoms with E-state index in [9.17, 15) is 0 Å². The molecule has 2 heterocycles. The lowest BCUT2D eigenvalue weighted by Gasteiger charge is -2.19. The summed E-state index contributed by atoms with van der Waals surface area (Å²) in [5.74, 6) is 0. The largest absolute Gasteiger partial charge is 0.255 e. The molecule has 0 radical (unpaired) electrons. The van der Waals surface area contributed by atoms with Gasteiger partial charge >= 0.3 is 0 Å². The Morgan fingerprint density at radius 1 is 0.800 bits per heavy atom. The zero-order valence-corrected chi connectivity index (χ0v) is 15.6. The summed E-state index contributed by atoms with van der Waals surface area (Å²) in [5, 5.41) is 1.26. The number of hydrogen-bond donors (Lipinski definition) is 0. The second-order valence-electron chi connectivity index (χ2n) is 7.41. The average Bonchev–Trinajstić information content (AvgIpc) is 3.05. The lowest BCUT2D eigenvalue weighted by molar-refractivity contribution is 0.590. The summed E-state index contributed by atoms with van der Waals surface area (Å²) < 4.78 is 1.23. The topological polar surface area (TPSA) is 12.9 Å². The molecule has 0 aliphatic heterocycles. The molecule has 0 aliphatic carbocycles. The van der Waals surface area contributed by atoms with Gasteiger partial charge in [-0.15, -0.1) is 11.3 Å². The number of nitrogens with zero attached hydrogens (tertiary/aromatic N) is 1. The maximum atomic E-state index is 4.69. The van der Waals surface area contributed by atoms with E-state index in [1.54, 1.807) is 11.3 Å². The van der Waals surface area contributed by atoms with E-state index in [1.165, 1.54) is 31.7 Å². The number of thiophene rings is 1. The van der Waals surface area contributed by atoms with Crippen molar-refractivity contribution in [3.05, 3.63) is 78.5 Å². The third kappa shape index (κ3) is 3.22. The summed E-state index contributed by atoms with van der Waals surface area (Å²) in [7, 11) is 0. The summed E-state index contributed by atoms with van der Waals surface area (Å²) >= 11 is 1.80. The molecular weight excluding hydrogens is 322 g/mol. The highest BCUT2D eigenvalue weighted by Crippen LogP contribution is 2.35. The molecule has 0 bridgehead atoms. The number of pyridine rings is 1. The zero-order chi connectivity index (χ0) is 17.4. The molecule has 0 saturated heterocycles. The highest BCUT2D eigenvalue weighted by molar-refractivity contribution is 7.22. The number of rotatable bonds is 2. The molecule has 2 aromatic heterocycles. The third-order valence-corrected chi connectivity index (χ3v) is 5.64. The van der Waals surface area contributed by atoms with Gasteiger partial charge in [0, 0.05) is 16.6 Å². The Kier molecular flexibility index (Phi) is 3.93. The van der Waals surface area contributed by atoms with Crippen LogP contribution in [0.15, 0.2) is 72.9 Å². The molecule has 0 aliphatic rings. The molecule has 1 nitrogen and oxygen atoms in total. The summed E-state index contributed by atoms with van der Waals surface area (Å²) in [6.07, 6.45) is 2.00. The van der Waals surface area contributed by atoms with Crippen molar-refractivity contribution in [2.75, 3.05) is 0 Å². The number of benzene rings is 2. The van der Waals surface area contributed by atoms with E-state index in [4.69, 9.17) is 0 Å².